The van der Waals surface area contributed by atoms with E-state index < -0.39 is 5.60 Å². The fourth-order valence-electron chi connectivity index (χ4n) is 2.11. The summed E-state index contributed by atoms with van der Waals surface area (Å²) in [6, 6.07) is 0. The summed E-state index contributed by atoms with van der Waals surface area (Å²) in [6.07, 6.45) is 2.99. The highest BCUT2D eigenvalue weighted by Crippen LogP contribution is 2.19. The summed E-state index contributed by atoms with van der Waals surface area (Å²) < 4.78 is 0. The van der Waals surface area contributed by atoms with Crippen LogP contribution in [0.15, 0.2) is 0 Å². The van der Waals surface area contributed by atoms with Gasteiger partial charge in [0.05, 0.1) is 5.60 Å². The van der Waals surface area contributed by atoms with E-state index in [9.17, 15) is 5.11 Å². The van der Waals surface area contributed by atoms with Gasteiger partial charge in [-0.2, -0.15) is 0 Å². The summed E-state index contributed by atoms with van der Waals surface area (Å²) in [7, 11) is 2.11. The second kappa shape index (κ2) is 5.83. The molecule has 2 N–H and O–H groups in total. The monoisotopic (exact) mass is 214 g/mol. The molecule has 0 saturated carbocycles. The largest absolute Gasteiger partial charge is 0.388 e. The molecule has 0 amide bonds. The zero-order chi connectivity index (χ0) is 11.3. The lowest BCUT2D eigenvalue weighted by Gasteiger charge is -2.36. The summed E-state index contributed by atoms with van der Waals surface area (Å²) in [5.41, 5.74) is -0.447. The molecule has 0 aliphatic carbocycles. The fourth-order valence-corrected chi connectivity index (χ4v) is 2.11. The topological polar surface area (TPSA) is 35.5 Å². The fraction of sp³-hybridized carbons (Fsp3) is 1.00. The predicted molar refractivity (Wildman–Crippen MR) is 64.0 cm³/mol. The van der Waals surface area contributed by atoms with E-state index >= 15 is 0 Å². The van der Waals surface area contributed by atoms with Gasteiger partial charge in [-0.1, -0.05) is 13.8 Å². The van der Waals surface area contributed by atoms with Crippen molar-refractivity contribution in [3.8, 4) is 0 Å². The quantitative estimate of drug-likeness (QED) is 0.719. The van der Waals surface area contributed by atoms with E-state index in [-0.39, 0.29) is 0 Å². The van der Waals surface area contributed by atoms with Crippen molar-refractivity contribution >= 4 is 0 Å². The Labute approximate surface area is 93.9 Å². The molecule has 0 aromatic carbocycles. The molecule has 1 saturated heterocycles. The molecular formula is C12H26N2O. The summed E-state index contributed by atoms with van der Waals surface area (Å²) in [5, 5.41) is 13.6. The molecule has 15 heavy (non-hydrogen) atoms. The first-order valence-corrected chi connectivity index (χ1v) is 6.13. The molecule has 0 spiro atoms. The average Bonchev–Trinajstić information content (AvgIpc) is 2.15. The van der Waals surface area contributed by atoms with Gasteiger partial charge in [-0.05, 0) is 51.9 Å². The minimum Gasteiger partial charge on any atom is -0.388 e. The van der Waals surface area contributed by atoms with E-state index in [1.165, 1.54) is 6.42 Å². The van der Waals surface area contributed by atoms with Crippen LogP contribution in [0, 0.1) is 5.92 Å². The second-order valence-corrected chi connectivity index (χ2v) is 5.39. The first-order chi connectivity index (χ1) is 7.02. The first kappa shape index (κ1) is 12.9. The van der Waals surface area contributed by atoms with Crippen molar-refractivity contribution in [3.63, 3.8) is 0 Å². The zero-order valence-corrected chi connectivity index (χ0v) is 10.4. The van der Waals surface area contributed by atoms with Gasteiger partial charge < -0.3 is 15.3 Å². The Morgan fingerprint density at radius 3 is 2.47 bits per heavy atom. The van der Waals surface area contributed by atoms with Crippen LogP contribution in [0.5, 0.6) is 0 Å². The highest BCUT2D eigenvalue weighted by Gasteiger charge is 2.30. The average molecular weight is 214 g/mol. The maximum Gasteiger partial charge on any atom is 0.0798 e. The van der Waals surface area contributed by atoms with Crippen molar-refractivity contribution in [1.29, 1.82) is 0 Å². The standard InChI is InChI=1S/C12H26N2O/c1-11(2)4-9-14(3)10-12(15)5-7-13-8-6-12/h11,13,15H,4-10H2,1-3H3. The Balaban J connectivity index is 2.25. The lowest BCUT2D eigenvalue weighted by Crippen LogP contribution is -2.49. The molecule has 1 heterocycles. The highest BCUT2D eigenvalue weighted by molar-refractivity contribution is 4.86. The maximum atomic E-state index is 10.3. The third-order valence-electron chi connectivity index (χ3n) is 3.19. The SMILES string of the molecule is CC(C)CCN(C)CC1(O)CCNCC1. The molecule has 0 radical (unpaired) electrons. The molecule has 90 valence electrons. The lowest BCUT2D eigenvalue weighted by molar-refractivity contribution is -0.0159. The highest BCUT2D eigenvalue weighted by atomic mass is 16.3. The Morgan fingerprint density at radius 1 is 1.33 bits per heavy atom. The molecule has 1 aliphatic rings. The number of likely N-dealkylation sites (N-methyl/N-ethyl adjacent to an activating group) is 1. The van der Waals surface area contributed by atoms with Crippen LogP contribution in [0.1, 0.15) is 33.1 Å². The van der Waals surface area contributed by atoms with E-state index in [0.717, 1.165) is 44.9 Å². The van der Waals surface area contributed by atoms with Crippen molar-refractivity contribution in [2.45, 2.75) is 38.7 Å². The molecule has 0 unspecified atom stereocenters. The number of aliphatic hydroxyl groups is 1. The Hall–Kier alpha value is -0.120. The molecule has 1 rings (SSSR count). The Kier molecular flexibility index (Phi) is 5.03. The first-order valence-electron chi connectivity index (χ1n) is 6.13. The van der Waals surface area contributed by atoms with Crippen molar-refractivity contribution in [2.75, 3.05) is 33.2 Å². The molecule has 0 atom stereocenters. The number of nitrogens with zero attached hydrogens (tertiary/aromatic N) is 1. The van der Waals surface area contributed by atoms with Crippen LogP contribution >= 0.6 is 0 Å². The van der Waals surface area contributed by atoms with E-state index in [1.54, 1.807) is 0 Å². The van der Waals surface area contributed by atoms with Crippen LogP contribution in [0.25, 0.3) is 0 Å². The Bertz CT molecular complexity index is 176. The number of rotatable bonds is 5. The summed E-state index contributed by atoms with van der Waals surface area (Å²) in [4.78, 5) is 2.27. The van der Waals surface area contributed by atoms with E-state index in [4.69, 9.17) is 0 Å². The van der Waals surface area contributed by atoms with Crippen LogP contribution in [-0.4, -0.2) is 48.8 Å². The van der Waals surface area contributed by atoms with Crippen LogP contribution in [-0.2, 0) is 0 Å². The molecule has 1 aliphatic heterocycles. The molecular weight excluding hydrogens is 188 g/mol. The number of nitrogens with one attached hydrogen (secondary N) is 1. The van der Waals surface area contributed by atoms with E-state index in [0.29, 0.717) is 0 Å². The summed E-state index contributed by atoms with van der Waals surface area (Å²) in [6.45, 7) is 8.30. The predicted octanol–water partition coefficient (Wildman–Crippen LogP) is 1.08. The zero-order valence-electron chi connectivity index (χ0n) is 10.4. The van der Waals surface area contributed by atoms with Gasteiger partial charge in [0.2, 0.25) is 0 Å². The number of hydrogen-bond acceptors (Lipinski definition) is 3. The van der Waals surface area contributed by atoms with Crippen molar-refractivity contribution in [2.24, 2.45) is 5.92 Å². The van der Waals surface area contributed by atoms with Crippen molar-refractivity contribution in [1.82, 2.24) is 10.2 Å². The molecule has 0 aromatic rings. The van der Waals surface area contributed by atoms with Crippen LogP contribution in [0.3, 0.4) is 0 Å². The van der Waals surface area contributed by atoms with Crippen LogP contribution in [0.4, 0.5) is 0 Å². The lowest BCUT2D eigenvalue weighted by atomic mass is 9.92. The van der Waals surface area contributed by atoms with Gasteiger partial charge in [-0.15, -0.1) is 0 Å². The minimum atomic E-state index is -0.447. The van der Waals surface area contributed by atoms with Gasteiger partial charge in [0, 0.05) is 6.54 Å². The van der Waals surface area contributed by atoms with Crippen molar-refractivity contribution in [3.05, 3.63) is 0 Å². The van der Waals surface area contributed by atoms with Gasteiger partial charge in [0.25, 0.3) is 0 Å². The molecule has 3 nitrogen and oxygen atoms in total. The van der Waals surface area contributed by atoms with Gasteiger partial charge in [-0.3, -0.25) is 0 Å². The van der Waals surface area contributed by atoms with E-state index in [2.05, 4.69) is 31.1 Å². The molecule has 1 fully saturated rings. The normalized spacial score (nSPS) is 21.2. The van der Waals surface area contributed by atoms with Gasteiger partial charge in [0.15, 0.2) is 0 Å². The third kappa shape index (κ3) is 4.96. The van der Waals surface area contributed by atoms with Crippen molar-refractivity contribution < 1.29 is 5.11 Å². The van der Waals surface area contributed by atoms with Crippen LogP contribution in [0.2, 0.25) is 0 Å². The van der Waals surface area contributed by atoms with Gasteiger partial charge >= 0.3 is 0 Å². The van der Waals surface area contributed by atoms with Gasteiger partial charge in [0.1, 0.15) is 0 Å². The molecule has 0 bridgehead atoms. The Morgan fingerprint density at radius 2 is 1.93 bits per heavy atom. The summed E-state index contributed by atoms with van der Waals surface area (Å²) >= 11 is 0. The number of hydrogen-bond donors (Lipinski definition) is 2. The number of piperidine rings is 1. The molecule has 0 aromatic heterocycles. The second-order valence-electron chi connectivity index (χ2n) is 5.39. The maximum absolute atomic E-state index is 10.3. The van der Waals surface area contributed by atoms with Crippen LogP contribution < -0.4 is 5.32 Å². The van der Waals surface area contributed by atoms with E-state index in [1.807, 2.05) is 0 Å². The minimum absolute atomic E-state index is 0.447. The third-order valence-corrected chi connectivity index (χ3v) is 3.19. The molecule has 3 heteroatoms. The summed E-state index contributed by atoms with van der Waals surface area (Å²) in [5.74, 6) is 0.745. The van der Waals surface area contributed by atoms with Gasteiger partial charge in [-0.25, -0.2) is 0 Å². The smallest absolute Gasteiger partial charge is 0.0798 e.